The van der Waals surface area contributed by atoms with Crippen LogP contribution < -0.4 is 19.5 Å². The zero-order chi connectivity index (χ0) is 21.6. The number of amides is 1. The number of hydrogen-bond donors (Lipinski definition) is 2. The number of para-hydroxylation sites is 1. The van der Waals surface area contributed by atoms with E-state index < -0.39 is 16.1 Å². The van der Waals surface area contributed by atoms with Crippen LogP contribution in [0.15, 0.2) is 83.8 Å². The molecule has 3 aromatic rings. The molecule has 2 N–H and O–H groups in total. The second-order valence-electron chi connectivity index (χ2n) is 6.42. The third-order valence-corrected chi connectivity index (χ3v) is 5.58. The lowest BCUT2D eigenvalue weighted by molar-refractivity contribution is -0.122. The third kappa shape index (κ3) is 5.51. The van der Waals surface area contributed by atoms with Crippen molar-refractivity contribution in [3.8, 4) is 11.5 Å². The average Bonchev–Trinajstić information content (AvgIpc) is 2.74. The van der Waals surface area contributed by atoms with Gasteiger partial charge < -0.3 is 14.8 Å². The summed E-state index contributed by atoms with van der Waals surface area (Å²) in [7, 11) is -2.28. The van der Waals surface area contributed by atoms with Crippen molar-refractivity contribution in [3.05, 3.63) is 78.9 Å². The lowest BCUT2D eigenvalue weighted by Crippen LogP contribution is -2.30. The Morgan fingerprint density at radius 1 is 0.867 bits per heavy atom. The van der Waals surface area contributed by atoms with Gasteiger partial charge in [0.25, 0.3) is 15.9 Å². The maximum atomic E-state index is 12.6. The lowest BCUT2D eigenvalue weighted by atomic mass is 10.3. The fourth-order valence-corrected chi connectivity index (χ4v) is 3.67. The predicted molar refractivity (Wildman–Crippen MR) is 115 cm³/mol. The van der Waals surface area contributed by atoms with Crippen LogP contribution >= 0.6 is 0 Å². The van der Waals surface area contributed by atoms with Crippen LogP contribution in [-0.4, -0.2) is 27.5 Å². The number of carbonyl (C=O) groups is 1. The molecule has 0 bridgehead atoms. The van der Waals surface area contributed by atoms with Gasteiger partial charge in [-0.1, -0.05) is 24.3 Å². The number of anilines is 2. The van der Waals surface area contributed by atoms with Crippen molar-refractivity contribution in [2.24, 2.45) is 0 Å². The van der Waals surface area contributed by atoms with Crippen LogP contribution in [0.5, 0.6) is 11.5 Å². The Labute approximate surface area is 175 Å². The van der Waals surface area contributed by atoms with E-state index in [2.05, 4.69) is 10.0 Å². The van der Waals surface area contributed by atoms with Gasteiger partial charge in [-0.15, -0.1) is 0 Å². The molecule has 0 aliphatic heterocycles. The molecule has 1 atom stereocenters. The van der Waals surface area contributed by atoms with Gasteiger partial charge in [0.1, 0.15) is 11.5 Å². The van der Waals surface area contributed by atoms with Crippen LogP contribution in [-0.2, 0) is 14.8 Å². The quantitative estimate of drug-likeness (QED) is 0.570. The van der Waals surface area contributed by atoms with Crippen molar-refractivity contribution in [2.45, 2.75) is 17.9 Å². The van der Waals surface area contributed by atoms with Gasteiger partial charge in [0, 0.05) is 11.8 Å². The Balaban J connectivity index is 1.64. The Hall–Kier alpha value is -3.52. The average molecular weight is 426 g/mol. The number of carbonyl (C=O) groups excluding carboxylic acids is 1. The van der Waals surface area contributed by atoms with Gasteiger partial charge in [-0.3, -0.25) is 9.52 Å². The third-order valence-electron chi connectivity index (χ3n) is 4.18. The Morgan fingerprint density at radius 2 is 1.53 bits per heavy atom. The molecule has 0 spiro atoms. The molecule has 3 rings (SSSR count). The topological polar surface area (TPSA) is 93.7 Å². The van der Waals surface area contributed by atoms with Gasteiger partial charge in [-0.05, 0) is 55.5 Å². The van der Waals surface area contributed by atoms with Gasteiger partial charge in [0.05, 0.1) is 17.7 Å². The van der Waals surface area contributed by atoms with Crippen molar-refractivity contribution in [1.29, 1.82) is 0 Å². The highest BCUT2D eigenvalue weighted by Gasteiger charge is 2.17. The molecule has 0 saturated heterocycles. The van der Waals surface area contributed by atoms with Crippen molar-refractivity contribution >= 4 is 27.3 Å². The smallest absolute Gasteiger partial charge is 0.265 e. The van der Waals surface area contributed by atoms with E-state index in [0.717, 1.165) is 0 Å². The molecule has 0 saturated carbocycles. The predicted octanol–water partition coefficient (Wildman–Crippen LogP) is 3.90. The first kappa shape index (κ1) is 21.2. The van der Waals surface area contributed by atoms with E-state index in [1.807, 2.05) is 18.2 Å². The fraction of sp³-hybridized carbons (Fsp3) is 0.136. The van der Waals surface area contributed by atoms with Crippen LogP contribution in [0.25, 0.3) is 0 Å². The van der Waals surface area contributed by atoms with Crippen molar-refractivity contribution in [3.63, 3.8) is 0 Å². The molecule has 3 aromatic carbocycles. The van der Waals surface area contributed by atoms with Crippen LogP contribution in [0.3, 0.4) is 0 Å². The highest BCUT2D eigenvalue weighted by Crippen LogP contribution is 2.22. The Bertz CT molecular complexity index is 1100. The minimum Gasteiger partial charge on any atom is -0.497 e. The summed E-state index contributed by atoms with van der Waals surface area (Å²) in [5, 5.41) is 2.71. The number of nitrogens with one attached hydrogen (secondary N) is 2. The molecular weight excluding hydrogens is 404 g/mol. The van der Waals surface area contributed by atoms with E-state index >= 15 is 0 Å². The number of ether oxygens (including phenoxy) is 2. The normalized spacial score (nSPS) is 11.9. The number of rotatable bonds is 8. The minimum absolute atomic E-state index is 0.0666. The molecule has 0 heterocycles. The highest BCUT2D eigenvalue weighted by atomic mass is 32.2. The minimum atomic E-state index is -3.78. The summed E-state index contributed by atoms with van der Waals surface area (Å²) in [5.74, 6) is 0.786. The van der Waals surface area contributed by atoms with Crippen LogP contribution in [0.4, 0.5) is 11.4 Å². The van der Waals surface area contributed by atoms with E-state index in [0.29, 0.717) is 22.9 Å². The summed E-state index contributed by atoms with van der Waals surface area (Å²) in [6.45, 7) is 1.64. The summed E-state index contributed by atoms with van der Waals surface area (Å²) in [5.41, 5.74) is 0.849. The molecule has 0 unspecified atom stereocenters. The van der Waals surface area contributed by atoms with Gasteiger partial charge in [0.2, 0.25) is 0 Å². The second kappa shape index (κ2) is 9.32. The zero-order valence-corrected chi connectivity index (χ0v) is 17.3. The number of sulfonamides is 1. The van der Waals surface area contributed by atoms with E-state index in [1.165, 1.54) is 31.4 Å². The summed E-state index contributed by atoms with van der Waals surface area (Å²) >= 11 is 0. The molecule has 0 aliphatic rings. The maximum absolute atomic E-state index is 12.6. The standard InChI is InChI=1S/C22H22N2O5S/c1-16(29-19-8-4-3-5-9-19)22(25)23-17-11-13-21(14-12-17)30(26,27)24-18-7-6-10-20(15-18)28-2/h3-16,24H,1-2H3,(H,23,25)/t16-/m1/s1. The molecular formula is C22H22N2O5S. The Kier molecular flexibility index (Phi) is 6.58. The van der Waals surface area contributed by atoms with Crippen molar-refractivity contribution < 1.29 is 22.7 Å². The highest BCUT2D eigenvalue weighted by molar-refractivity contribution is 7.92. The summed E-state index contributed by atoms with van der Waals surface area (Å²) in [6, 6.07) is 21.5. The summed E-state index contributed by atoms with van der Waals surface area (Å²) < 4.78 is 38.4. The SMILES string of the molecule is COc1cccc(NS(=O)(=O)c2ccc(NC(=O)[C@@H](C)Oc3ccccc3)cc2)c1. The molecule has 0 fully saturated rings. The number of hydrogen-bond acceptors (Lipinski definition) is 5. The van der Waals surface area contributed by atoms with Gasteiger partial charge >= 0.3 is 0 Å². The van der Waals surface area contributed by atoms with Crippen molar-refractivity contribution in [1.82, 2.24) is 0 Å². The fourth-order valence-electron chi connectivity index (χ4n) is 2.62. The van der Waals surface area contributed by atoms with E-state index in [-0.39, 0.29) is 10.8 Å². The molecule has 1 amide bonds. The maximum Gasteiger partial charge on any atom is 0.265 e. The van der Waals surface area contributed by atoms with Gasteiger partial charge in [0.15, 0.2) is 6.10 Å². The zero-order valence-electron chi connectivity index (χ0n) is 16.5. The number of methoxy groups -OCH3 is 1. The van der Waals surface area contributed by atoms with Crippen molar-refractivity contribution in [2.75, 3.05) is 17.1 Å². The Morgan fingerprint density at radius 3 is 2.20 bits per heavy atom. The molecule has 8 heteroatoms. The second-order valence-corrected chi connectivity index (χ2v) is 8.11. The summed E-state index contributed by atoms with van der Waals surface area (Å²) in [6.07, 6.45) is -0.717. The number of benzene rings is 3. The molecule has 7 nitrogen and oxygen atoms in total. The largest absolute Gasteiger partial charge is 0.497 e. The van der Waals surface area contributed by atoms with E-state index in [1.54, 1.807) is 43.3 Å². The van der Waals surface area contributed by atoms with Crippen LogP contribution in [0.2, 0.25) is 0 Å². The molecule has 0 aliphatic carbocycles. The lowest BCUT2D eigenvalue weighted by Gasteiger charge is -2.15. The monoisotopic (exact) mass is 426 g/mol. The van der Waals surface area contributed by atoms with E-state index in [4.69, 9.17) is 9.47 Å². The first-order valence-corrected chi connectivity index (χ1v) is 10.7. The molecule has 156 valence electrons. The first-order valence-electron chi connectivity index (χ1n) is 9.17. The summed E-state index contributed by atoms with van der Waals surface area (Å²) in [4.78, 5) is 12.4. The molecule has 0 aromatic heterocycles. The van der Waals surface area contributed by atoms with Crippen LogP contribution in [0, 0.1) is 0 Å². The molecule has 0 radical (unpaired) electrons. The molecule has 30 heavy (non-hydrogen) atoms. The van der Waals surface area contributed by atoms with Gasteiger partial charge in [-0.2, -0.15) is 0 Å². The first-order chi connectivity index (χ1) is 14.4. The van der Waals surface area contributed by atoms with Crippen LogP contribution in [0.1, 0.15) is 6.92 Å². The van der Waals surface area contributed by atoms with E-state index in [9.17, 15) is 13.2 Å². The van der Waals surface area contributed by atoms with Gasteiger partial charge in [-0.25, -0.2) is 8.42 Å².